The first-order valence-electron chi connectivity index (χ1n) is 5.82. The van der Waals surface area contributed by atoms with Crippen molar-refractivity contribution in [2.45, 2.75) is 39.0 Å². The highest BCUT2D eigenvalue weighted by Gasteiger charge is 2.16. The molecule has 0 saturated heterocycles. The lowest BCUT2D eigenvalue weighted by Gasteiger charge is -2.10. The molecule has 0 bridgehead atoms. The van der Waals surface area contributed by atoms with Crippen molar-refractivity contribution in [2.75, 3.05) is 6.54 Å². The fraction of sp³-hybridized carbons (Fsp3) is 0.667. The van der Waals surface area contributed by atoms with Crippen LogP contribution in [-0.4, -0.2) is 12.6 Å². The van der Waals surface area contributed by atoms with E-state index in [-0.39, 0.29) is 6.03 Å². The highest BCUT2D eigenvalue weighted by molar-refractivity contribution is 5.74. The van der Waals surface area contributed by atoms with Crippen LogP contribution in [0.25, 0.3) is 0 Å². The van der Waals surface area contributed by atoms with Gasteiger partial charge in [-0.3, -0.25) is 0 Å². The molecule has 0 aromatic heterocycles. The van der Waals surface area contributed by atoms with Crippen molar-refractivity contribution in [3.63, 3.8) is 0 Å². The molecule has 1 aliphatic carbocycles. The SMILES string of the molecule is C/C(=C\NC(=O)NCCC#N)C1CCCC1. The van der Waals surface area contributed by atoms with Gasteiger partial charge in [0.15, 0.2) is 0 Å². The summed E-state index contributed by atoms with van der Waals surface area (Å²) in [6.45, 7) is 2.46. The molecule has 1 rings (SSSR count). The standard InChI is InChI=1S/C12H19N3O/c1-10(11-5-2-3-6-11)9-15-12(16)14-8-4-7-13/h9,11H,2-6,8H2,1H3,(H2,14,15,16)/b10-9+. The zero-order chi connectivity index (χ0) is 11.8. The molecule has 0 heterocycles. The summed E-state index contributed by atoms with van der Waals surface area (Å²) in [5, 5.41) is 13.6. The van der Waals surface area contributed by atoms with Crippen molar-refractivity contribution in [3.8, 4) is 6.07 Å². The average molecular weight is 221 g/mol. The molecule has 16 heavy (non-hydrogen) atoms. The van der Waals surface area contributed by atoms with Crippen LogP contribution in [0.1, 0.15) is 39.0 Å². The van der Waals surface area contributed by atoms with E-state index < -0.39 is 0 Å². The number of urea groups is 1. The van der Waals surface area contributed by atoms with E-state index in [9.17, 15) is 4.79 Å². The van der Waals surface area contributed by atoms with Gasteiger partial charge in [0, 0.05) is 12.7 Å². The molecule has 0 aromatic carbocycles. The highest BCUT2D eigenvalue weighted by Crippen LogP contribution is 2.30. The summed E-state index contributed by atoms with van der Waals surface area (Å²) in [6.07, 6.45) is 7.20. The van der Waals surface area contributed by atoms with Gasteiger partial charge in [-0.2, -0.15) is 5.26 Å². The second-order valence-electron chi connectivity index (χ2n) is 4.18. The molecular weight excluding hydrogens is 202 g/mol. The maximum absolute atomic E-state index is 11.3. The quantitative estimate of drug-likeness (QED) is 0.715. The monoisotopic (exact) mass is 221 g/mol. The Balaban J connectivity index is 2.23. The summed E-state index contributed by atoms with van der Waals surface area (Å²) >= 11 is 0. The topological polar surface area (TPSA) is 64.9 Å². The Morgan fingerprint density at radius 1 is 1.50 bits per heavy atom. The van der Waals surface area contributed by atoms with E-state index in [1.165, 1.54) is 31.3 Å². The smallest absolute Gasteiger partial charge is 0.318 e. The Hall–Kier alpha value is -1.50. The third-order valence-electron chi connectivity index (χ3n) is 2.95. The number of nitriles is 1. The third-order valence-corrected chi connectivity index (χ3v) is 2.95. The fourth-order valence-electron chi connectivity index (χ4n) is 1.96. The number of amides is 2. The summed E-state index contributed by atoms with van der Waals surface area (Å²) in [5.74, 6) is 0.638. The Morgan fingerprint density at radius 3 is 2.81 bits per heavy atom. The number of nitrogens with one attached hydrogen (secondary N) is 2. The van der Waals surface area contributed by atoms with E-state index in [4.69, 9.17) is 5.26 Å². The van der Waals surface area contributed by atoms with E-state index in [1.54, 1.807) is 6.20 Å². The molecule has 0 atom stereocenters. The number of carbonyl (C=O) groups excluding carboxylic acids is 1. The second-order valence-corrected chi connectivity index (χ2v) is 4.18. The predicted molar refractivity (Wildman–Crippen MR) is 62.5 cm³/mol. The first kappa shape index (κ1) is 12.6. The Kier molecular flexibility index (Phi) is 5.41. The van der Waals surface area contributed by atoms with Crippen molar-refractivity contribution in [3.05, 3.63) is 11.8 Å². The summed E-state index contributed by atoms with van der Waals surface area (Å²) in [5.41, 5.74) is 1.24. The minimum absolute atomic E-state index is 0.229. The molecule has 1 saturated carbocycles. The molecule has 1 aliphatic rings. The van der Waals surface area contributed by atoms with Gasteiger partial charge >= 0.3 is 6.03 Å². The van der Waals surface area contributed by atoms with E-state index in [0.29, 0.717) is 18.9 Å². The van der Waals surface area contributed by atoms with Crippen LogP contribution in [0.2, 0.25) is 0 Å². The van der Waals surface area contributed by atoms with E-state index in [0.717, 1.165) is 0 Å². The number of rotatable bonds is 4. The second kappa shape index (κ2) is 6.89. The summed E-state index contributed by atoms with van der Waals surface area (Å²) in [4.78, 5) is 11.3. The van der Waals surface area contributed by atoms with E-state index >= 15 is 0 Å². The number of nitrogens with zero attached hydrogens (tertiary/aromatic N) is 1. The summed E-state index contributed by atoms with van der Waals surface area (Å²) in [6, 6.07) is 1.75. The maximum atomic E-state index is 11.3. The van der Waals surface area contributed by atoms with Gasteiger partial charge in [0.25, 0.3) is 0 Å². The maximum Gasteiger partial charge on any atom is 0.318 e. The van der Waals surface area contributed by atoms with Crippen molar-refractivity contribution in [2.24, 2.45) is 5.92 Å². The van der Waals surface area contributed by atoms with Crippen molar-refractivity contribution >= 4 is 6.03 Å². The van der Waals surface area contributed by atoms with Crippen LogP contribution in [0, 0.1) is 17.2 Å². The number of hydrogen-bond acceptors (Lipinski definition) is 2. The molecule has 0 aromatic rings. The molecule has 4 nitrogen and oxygen atoms in total. The first-order valence-corrected chi connectivity index (χ1v) is 5.82. The van der Waals surface area contributed by atoms with Gasteiger partial charge in [-0.05, 0) is 25.7 Å². The molecule has 1 fully saturated rings. The van der Waals surface area contributed by atoms with Crippen LogP contribution in [0.3, 0.4) is 0 Å². The summed E-state index contributed by atoms with van der Waals surface area (Å²) in [7, 11) is 0. The molecule has 4 heteroatoms. The molecule has 0 radical (unpaired) electrons. The fourth-order valence-corrected chi connectivity index (χ4v) is 1.96. The van der Waals surface area contributed by atoms with Gasteiger partial charge in [-0.25, -0.2) is 4.79 Å². The van der Waals surface area contributed by atoms with Gasteiger partial charge in [0.05, 0.1) is 12.5 Å². The van der Waals surface area contributed by atoms with Crippen molar-refractivity contribution < 1.29 is 4.79 Å². The van der Waals surface area contributed by atoms with Gasteiger partial charge in [-0.1, -0.05) is 18.4 Å². The Bertz CT molecular complexity index is 298. The van der Waals surface area contributed by atoms with Gasteiger partial charge in [0.2, 0.25) is 0 Å². The Labute approximate surface area is 96.7 Å². The predicted octanol–water partition coefficient (Wildman–Crippen LogP) is 2.29. The van der Waals surface area contributed by atoms with Crippen LogP contribution >= 0.6 is 0 Å². The molecular formula is C12H19N3O. The van der Waals surface area contributed by atoms with Crippen LogP contribution in [0.5, 0.6) is 0 Å². The zero-order valence-corrected chi connectivity index (χ0v) is 9.75. The summed E-state index contributed by atoms with van der Waals surface area (Å²) < 4.78 is 0. The average Bonchev–Trinajstić information content (AvgIpc) is 2.79. The lowest BCUT2D eigenvalue weighted by molar-refractivity contribution is 0.244. The lowest BCUT2D eigenvalue weighted by atomic mass is 10.0. The largest absolute Gasteiger partial charge is 0.337 e. The Morgan fingerprint density at radius 2 is 2.19 bits per heavy atom. The zero-order valence-electron chi connectivity index (χ0n) is 9.75. The molecule has 2 amide bonds. The first-order chi connectivity index (χ1) is 7.74. The molecule has 0 spiro atoms. The van der Waals surface area contributed by atoms with Crippen LogP contribution in [0.15, 0.2) is 11.8 Å². The lowest BCUT2D eigenvalue weighted by Crippen LogP contribution is -2.33. The van der Waals surface area contributed by atoms with Crippen LogP contribution < -0.4 is 10.6 Å². The van der Waals surface area contributed by atoms with Gasteiger partial charge in [0.1, 0.15) is 0 Å². The van der Waals surface area contributed by atoms with Crippen LogP contribution in [0.4, 0.5) is 4.79 Å². The number of carbonyl (C=O) groups is 1. The van der Waals surface area contributed by atoms with E-state index in [2.05, 4.69) is 17.6 Å². The van der Waals surface area contributed by atoms with Crippen LogP contribution in [-0.2, 0) is 0 Å². The molecule has 88 valence electrons. The number of hydrogen-bond donors (Lipinski definition) is 2. The number of allylic oxidation sites excluding steroid dienone is 1. The minimum atomic E-state index is -0.229. The van der Waals surface area contributed by atoms with Crippen molar-refractivity contribution in [1.29, 1.82) is 5.26 Å². The third kappa shape index (κ3) is 4.35. The highest BCUT2D eigenvalue weighted by atomic mass is 16.2. The van der Waals surface area contributed by atoms with Gasteiger partial charge < -0.3 is 10.6 Å². The van der Waals surface area contributed by atoms with E-state index in [1.807, 2.05) is 6.07 Å². The normalized spacial score (nSPS) is 16.9. The molecule has 2 N–H and O–H groups in total. The van der Waals surface area contributed by atoms with Crippen molar-refractivity contribution in [1.82, 2.24) is 10.6 Å². The van der Waals surface area contributed by atoms with Gasteiger partial charge in [-0.15, -0.1) is 0 Å². The minimum Gasteiger partial charge on any atom is -0.337 e. The molecule has 0 unspecified atom stereocenters. The molecule has 0 aliphatic heterocycles.